The molecular weight excluding hydrogens is 640 g/mol. The van der Waals surface area contributed by atoms with Crippen molar-refractivity contribution < 1.29 is 28.7 Å². The highest BCUT2D eigenvalue weighted by Crippen LogP contribution is 2.49. The lowest BCUT2D eigenvalue weighted by Gasteiger charge is -2.35. The van der Waals surface area contributed by atoms with E-state index in [0.29, 0.717) is 101 Å². The molecule has 0 aromatic heterocycles. The predicted molar refractivity (Wildman–Crippen MR) is 187 cm³/mol. The van der Waals surface area contributed by atoms with E-state index < -0.39 is 0 Å². The standard InChI is InChI=1S/C36H56N8O6/c37-21-23-7-9-27-29(19-23)31(27)39-33(45)41-11-15-43(16-12-41)35(47)49-25-3-1-4-26(6-2-5-25)50-36(48)44-17-13-42(14-18-44)34(46)40-32-28-10-8-24(22-38)20-30(28)32/h23-30H,1-22,37-38H2/t23-,24?,25?,26?,27-,28-,29-,30-/m1/s1. The molecule has 0 spiro atoms. The Morgan fingerprint density at radius 2 is 0.880 bits per heavy atom. The number of carbonyl (C=O) groups is 4. The third-order valence-corrected chi connectivity index (χ3v) is 12.6. The zero-order valence-electron chi connectivity index (χ0n) is 29.5. The average molecular weight is 697 g/mol. The number of nitrogens with zero attached hydrogens (tertiary/aromatic N) is 6. The van der Waals surface area contributed by atoms with Gasteiger partial charge in [-0.3, -0.25) is 0 Å². The number of piperazine rings is 2. The molecule has 276 valence electrons. The third-order valence-electron chi connectivity index (χ3n) is 12.6. The van der Waals surface area contributed by atoms with Crippen molar-refractivity contribution in [2.45, 2.75) is 89.3 Å². The second-order valence-electron chi connectivity index (χ2n) is 15.7. The monoisotopic (exact) mass is 696 g/mol. The van der Waals surface area contributed by atoms with Gasteiger partial charge in [0, 0.05) is 87.5 Å². The Labute approximate surface area is 295 Å². The van der Waals surface area contributed by atoms with Crippen molar-refractivity contribution in [1.82, 2.24) is 19.6 Å². The molecule has 14 nitrogen and oxygen atoms in total. The lowest BCUT2D eigenvalue weighted by molar-refractivity contribution is 0.0199. The number of urea groups is 2. The summed E-state index contributed by atoms with van der Waals surface area (Å²) in [4.78, 5) is 67.5. The Hall–Kier alpha value is -3.26. The van der Waals surface area contributed by atoms with Gasteiger partial charge in [-0.15, -0.1) is 0 Å². The van der Waals surface area contributed by atoms with Crippen molar-refractivity contribution in [3.63, 3.8) is 0 Å². The highest BCUT2D eigenvalue weighted by Gasteiger charge is 2.51. The van der Waals surface area contributed by atoms with Crippen LogP contribution >= 0.6 is 0 Å². The number of aliphatic imine (C=N–C) groups is 2. The van der Waals surface area contributed by atoms with Crippen LogP contribution in [0.2, 0.25) is 0 Å². The van der Waals surface area contributed by atoms with Crippen molar-refractivity contribution in [3.8, 4) is 0 Å². The molecule has 4 N–H and O–H groups in total. The minimum Gasteiger partial charge on any atom is -0.446 e. The van der Waals surface area contributed by atoms with E-state index in [-0.39, 0.29) is 36.5 Å². The number of carbonyl (C=O) groups excluding carboxylic acids is 4. The Bertz CT molecular complexity index is 1230. The summed E-state index contributed by atoms with van der Waals surface area (Å²) in [5, 5.41) is 0. The highest BCUT2D eigenvalue weighted by molar-refractivity contribution is 6.10. The van der Waals surface area contributed by atoms with Crippen molar-refractivity contribution in [1.29, 1.82) is 0 Å². The average Bonchev–Trinajstić information content (AvgIpc) is 4.03. The van der Waals surface area contributed by atoms with Gasteiger partial charge in [-0.1, -0.05) is 0 Å². The summed E-state index contributed by atoms with van der Waals surface area (Å²) in [6, 6.07) is -0.366. The number of hydrogen-bond donors (Lipinski definition) is 2. The van der Waals surface area contributed by atoms with Crippen LogP contribution in [0.25, 0.3) is 0 Å². The zero-order valence-corrected chi connectivity index (χ0v) is 29.5. The van der Waals surface area contributed by atoms with E-state index in [0.717, 1.165) is 88.5 Å². The van der Waals surface area contributed by atoms with Gasteiger partial charge in [-0.25, -0.2) is 29.2 Å². The van der Waals surface area contributed by atoms with Gasteiger partial charge in [0.05, 0.1) is 0 Å². The van der Waals surface area contributed by atoms with E-state index in [1.165, 1.54) is 0 Å². The molecule has 6 atom stereocenters. The molecule has 7 aliphatic rings. The Kier molecular flexibility index (Phi) is 10.9. The van der Waals surface area contributed by atoms with Crippen LogP contribution in [-0.2, 0) is 9.47 Å². The molecule has 50 heavy (non-hydrogen) atoms. The molecule has 2 heterocycles. The molecule has 5 aliphatic carbocycles. The fourth-order valence-corrected chi connectivity index (χ4v) is 9.16. The molecule has 7 rings (SSSR count). The zero-order chi connectivity index (χ0) is 34.8. The largest absolute Gasteiger partial charge is 0.446 e. The third kappa shape index (κ3) is 8.11. The summed E-state index contributed by atoms with van der Waals surface area (Å²) in [7, 11) is 0. The Balaban J connectivity index is 0.772. The SMILES string of the molecule is NCC1CC[C@H]2C(=NC(=O)N3CCN(C(=O)OC4CCCC(OC(=O)N5CCN(C(=O)N=C6[C@@H]7CC[C@@H](CN)C[C@@H]67)CC5)CCC4)CC3)[C@@H]2C1. The number of nitrogens with two attached hydrogens (primary N) is 2. The smallest absolute Gasteiger partial charge is 0.410 e. The molecule has 0 radical (unpaired) electrons. The summed E-state index contributed by atoms with van der Waals surface area (Å²) in [5.41, 5.74) is 13.8. The number of ether oxygens (including phenoxy) is 2. The van der Waals surface area contributed by atoms with E-state index in [2.05, 4.69) is 9.98 Å². The van der Waals surface area contributed by atoms with Gasteiger partial charge in [0.1, 0.15) is 12.2 Å². The fourth-order valence-electron chi connectivity index (χ4n) is 9.16. The molecule has 1 unspecified atom stereocenters. The molecular formula is C36H56N8O6. The molecule has 2 saturated heterocycles. The van der Waals surface area contributed by atoms with Gasteiger partial charge in [0.2, 0.25) is 0 Å². The second-order valence-corrected chi connectivity index (χ2v) is 15.7. The van der Waals surface area contributed by atoms with Gasteiger partial charge < -0.3 is 40.5 Å². The summed E-state index contributed by atoms with van der Waals surface area (Å²) >= 11 is 0. The maximum atomic E-state index is 13.0. The lowest BCUT2D eigenvalue weighted by atomic mass is 9.90. The Morgan fingerprint density at radius 1 is 0.520 bits per heavy atom. The van der Waals surface area contributed by atoms with E-state index in [1.54, 1.807) is 19.6 Å². The molecule has 0 aromatic rings. The number of hydrogen-bond acceptors (Lipinski definition) is 8. The number of amides is 6. The second kappa shape index (κ2) is 15.5. The quantitative estimate of drug-likeness (QED) is 0.447. The number of rotatable bonds is 4. The van der Waals surface area contributed by atoms with Crippen LogP contribution in [0.1, 0.15) is 77.0 Å². The van der Waals surface area contributed by atoms with Crippen LogP contribution in [0, 0.1) is 35.5 Å². The lowest BCUT2D eigenvalue weighted by Crippen LogP contribution is -2.50. The first-order chi connectivity index (χ1) is 24.3. The van der Waals surface area contributed by atoms with Crippen LogP contribution < -0.4 is 11.5 Å². The first-order valence-electron chi connectivity index (χ1n) is 19.4. The van der Waals surface area contributed by atoms with E-state index in [4.69, 9.17) is 20.9 Å². The first-order valence-corrected chi connectivity index (χ1v) is 19.4. The Morgan fingerprint density at radius 3 is 1.24 bits per heavy atom. The fraction of sp³-hybridized carbons (Fsp3) is 0.833. The minimum absolute atomic E-state index is 0.170. The normalized spacial score (nSPS) is 35.8. The van der Waals surface area contributed by atoms with Gasteiger partial charge in [-0.2, -0.15) is 0 Å². The molecule has 14 heteroatoms. The van der Waals surface area contributed by atoms with Crippen LogP contribution in [-0.4, -0.2) is 133 Å². The first kappa shape index (κ1) is 35.2. The van der Waals surface area contributed by atoms with Crippen LogP contribution in [0.3, 0.4) is 0 Å². The predicted octanol–water partition coefficient (Wildman–Crippen LogP) is 3.72. The number of fused-ring (bicyclic) bond motifs is 2. The van der Waals surface area contributed by atoms with Crippen LogP contribution in [0.4, 0.5) is 19.2 Å². The van der Waals surface area contributed by atoms with E-state index in [9.17, 15) is 19.2 Å². The van der Waals surface area contributed by atoms with E-state index >= 15 is 0 Å². The van der Waals surface area contributed by atoms with Crippen molar-refractivity contribution in [3.05, 3.63) is 0 Å². The van der Waals surface area contributed by atoms with Crippen LogP contribution in [0.15, 0.2) is 9.98 Å². The van der Waals surface area contributed by atoms with Gasteiger partial charge in [0.25, 0.3) is 0 Å². The molecule has 6 amide bonds. The minimum atomic E-state index is -0.322. The maximum absolute atomic E-state index is 13.0. The molecule has 0 bridgehead atoms. The molecule has 5 saturated carbocycles. The molecule has 0 aromatic carbocycles. The van der Waals surface area contributed by atoms with Gasteiger partial charge >= 0.3 is 24.2 Å². The van der Waals surface area contributed by atoms with E-state index in [1.807, 2.05) is 0 Å². The summed E-state index contributed by atoms with van der Waals surface area (Å²) in [5.74, 6) is 2.90. The summed E-state index contributed by atoms with van der Waals surface area (Å²) in [6.07, 6.45) is 10.0. The summed E-state index contributed by atoms with van der Waals surface area (Å²) in [6.45, 7) is 5.01. The highest BCUT2D eigenvalue weighted by atomic mass is 16.6. The summed E-state index contributed by atoms with van der Waals surface area (Å²) < 4.78 is 11.8. The van der Waals surface area contributed by atoms with Crippen molar-refractivity contribution >= 4 is 35.7 Å². The maximum Gasteiger partial charge on any atom is 0.410 e. The topological polar surface area (TPSA) is 176 Å². The molecule has 2 aliphatic heterocycles. The molecule has 7 fully saturated rings. The van der Waals surface area contributed by atoms with Gasteiger partial charge in [0.15, 0.2) is 0 Å². The van der Waals surface area contributed by atoms with Crippen molar-refractivity contribution in [2.75, 3.05) is 65.4 Å². The van der Waals surface area contributed by atoms with Crippen LogP contribution in [0.5, 0.6) is 0 Å². The van der Waals surface area contributed by atoms with Gasteiger partial charge in [-0.05, 0) is 102 Å². The van der Waals surface area contributed by atoms with Crippen molar-refractivity contribution in [2.24, 2.45) is 57.0 Å².